The van der Waals surface area contributed by atoms with Crippen LogP contribution in [-0.2, 0) is 0 Å². The fourth-order valence-electron chi connectivity index (χ4n) is 1.11. The number of para-hydroxylation sites is 2. The zero-order chi connectivity index (χ0) is 12.0. The summed E-state index contributed by atoms with van der Waals surface area (Å²) in [7, 11) is 0. The van der Waals surface area contributed by atoms with Crippen LogP contribution in [0.3, 0.4) is 0 Å². The van der Waals surface area contributed by atoms with Crippen molar-refractivity contribution in [1.29, 1.82) is 0 Å². The molecule has 0 aliphatic heterocycles. The summed E-state index contributed by atoms with van der Waals surface area (Å²) in [5.41, 5.74) is 0.462. The fraction of sp³-hybridized carbons (Fsp3) is 0.300. The van der Waals surface area contributed by atoms with Gasteiger partial charge in [-0.1, -0.05) is 12.1 Å². The van der Waals surface area contributed by atoms with Gasteiger partial charge in [0.25, 0.3) is 0 Å². The highest BCUT2D eigenvalue weighted by Crippen LogP contribution is 2.26. The summed E-state index contributed by atoms with van der Waals surface area (Å²) in [6.07, 6.45) is 1.99. The highest BCUT2D eigenvalue weighted by Gasteiger charge is 2.13. The predicted molar refractivity (Wildman–Crippen MR) is 68.2 cm³/mol. The van der Waals surface area contributed by atoms with Crippen molar-refractivity contribution in [3.05, 3.63) is 24.3 Å². The Hall–Kier alpha value is -0.910. The van der Waals surface area contributed by atoms with E-state index in [0.717, 1.165) is 10.8 Å². The second-order valence-corrected chi connectivity index (χ2v) is 4.24. The number of amides is 1. The lowest BCUT2D eigenvalue weighted by molar-refractivity contribution is 0.264. The third-order valence-electron chi connectivity index (χ3n) is 1.86. The van der Waals surface area contributed by atoms with Crippen molar-refractivity contribution < 1.29 is 9.53 Å². The van der Waals surface area contributed by atoms with Gasteiger partial charge < -0.3 is 4.74 Å². The molecular weight excluding hydrogens is 248 g/mol. The van der Waals surface area contributed by atoms with Crippen molar-refractivity contribution in [2.24, 2.45) is 5.84 Å². The Bertz CT molecular complexity index is 362. The molecule has 0 heterocycles. The number of carbonyl (C=O) groups is 1. The van der Waals surface area contributed by atoms with Crippen LogP contribution >= 0.6 is 23.4 Å². The molecule has 0 fully saturated rings. The zero-order valence-electron chi connectivity index (χ0n) is 8.85. The number of hydrogen-bond acceptors (Lipinski definition) is 4. The molecule has 16 heavy (non-hydrogen) atoms. The lowest BCUT2D eigenvalue weighted by Gasteiger charge is -2.17. The summed E-state index contributed by atoms with van der Waals surface area (Å²) >= 11 is 6.98. The molecule has 4 nitrogen and oxygen atoms in total. The van der Waals surface area contributed by atoms with Gasteiger partial charge in [0.1, 0.15) is 11.4 Å². The van der Waals surface area contributed by atoms with Gasteiger partial charge in [-0.15, -0.1) is 0 Å². The summed E-state index contributed by atoms with van der Waals surface area (Å²) in [5.74, 6) is 6.93. The standard InChI is InChI=1S/C10H13ClN2O2S/c1-16-7-6-15-9-5-3-2-4-8(9)13(12)10(11)14/h2-5H,6-7,12H2,1H3. The Morgan fingerprint density at radius 1 is 1.56 bits per heavy atom. The Kier molecular flexibility index (Phi) is 5.45. The van der Waals surface area contributed by atoms with E-state index in [9.17, 15) is 4.79 Å². The van der Waals surface area contributed by atoms with Crippen molar-refractivity contribution in [1.82, 2.24) is 0 Å². The minimum Gasteiger partial charge on any atom is -0.490 e. The summed E-state index contributed by atoms with van der Waals surface area (Å²) in [6.45, 7) is 0.558. The molecule has 1 aromatic rings. The number of ether oxygens (including phenoxy) is 1. The van der Waals surface area contributed by atoms with Crippen LogP contribution in [0, 0.1) is 0 Å². The molecule has 0 radical (unpaired) electrons. The van der Waals surface area contributed by atoms with E-state index < -0.39 is 5.37 Å². The molecule has 0 bridgehead atoms. The van der Waals surface area contributed by atoms with E-state index in [2.05, 4.69) is 0 Å². The number of hydrazine groups is 1. The summed E-state index contributed by atoms with van der Waals surface area (Å²) in [6, 6.07) is 6.99. The first kappa shape index (κ1) is 13.2. The molecule has 0 spiro atoms. The number of nitrogens with two attached hydrogens (primary N) is 1. The highest BCUT2D eigenvalue weighted by molar-refractivity contribution is 7.98. The van der Waals surface area contributed by atoms with Crippen molar-refractivity contribution in [2.45, 2.75) is 0 Å². The number of nitrogens with zero attached hydrogens (tertiary/aromatic N) is 1. The average Bonchev–Trinajstić information content (AvgIpc) is 2.29. The summed E-state index contributed by atoms with van der Waals surface area (Å²) in [5, 5.41) is 0.108. The van der Waals surface area contributed by atoms with E-state index in [1.54, 1.807) is 30.0 Å². The first-order chi connectivity index (χ1) is 7.66. The Morgan fingerprint density at radius 3 is 2.88 bits per heavy atom. The van der Waals surface area contributed by atoms with Crippen molar-refractivity contribution >= 4 is 34.4 Å². The molecule has 2 N–H and O–H groups in total. The minimum absolute atomic E-state index is 0.462. The van der Waals surface area contributed by atoms with Crippen LogP contribution in [0.15, 0.2) is 24.3 Å². The van der Waals surface area contributed by atoms with E-state index in [4.69, 9.17) is 22.2 Å². The Balaban J connectivity index is 2.79. The first-order valence-corrected chi connectivity index (χ1v) is 6.39. The van der Waals surface area contributed by atoms with Crippen LogP contribution in [0.5, 0.6) is 5.75 Å². The molecular formula is C10H13ClN2O2S. The summed E-state index contributed by atoms with van der Waals surface area (Å²) < 4.78 is 5.50. The molecule has 6 heteroatoms. The summed E-state index contributed by atoms with van der Waals surface area (Å²) in [4.78, 5) is 10.9. The van der Waals surface area contributed by atoms with Gasteiger partial charge in [-0.2, -0.15) is 11.8 Å². The molecule has 0 saturated heterocycles. The maximum Gasteiger partial charge on any atom is 0.335 e. The van der Waals surface area contributed by atoms with Crippen LogP contribution in [0.25, 0.3) is 0 Å². The Morgan fingerprint density at radius 2 is 2.25 bits per heavy atom. The molecule has 0 atom stereocenters. The van der Waals surface area contributed by atoms with Gasteiger partial charge in [0, 0.05) is 5.75 Å². The van der Waals surface area contributed by atoms with E-state index in [0.29, 0.717) is 18.0 Å². The predicted octanol–water partition coefficient (Wildman–Crippen LogP) is 2.47. The van der Waals surface area contributed by atoms with Crippen molar-refractivity contribution in [3.8, 4) is 5.75 Å². The molecule has 1 aromatic carbocycles. The molecule has 0 aromatic heterocycles. The second kappa shape index (κ2) is 6.62. The number of benzene rings is 1. The van der Waals surface area contributed by atoms with Gasteiger partial charge in [-0.3, -0.25) is 4.79 Å². The number of halogens is 1. The van der Waals surface area contributed by atoms with Crippen molar-refractivity contribution in [2.75, 3.05) is 23.6 Å². The number of hydrogen-bond donors (Lipinski definition) is 1. The van der Waals surface area contributed by atoms with Gasteiger partial charge in [-0.25, -0.2) is 10.9 Å². The van der Waals surface area contributed by atoms with Gasteiger partial charge in [0.05, 0.1) is 6.61 Å². The van der Waals surface area contributed by atoms with E-state index in [-0.39, 0.29) is 0 Å². The third-order valence-corrected chi connectivity index (χ3v) is 2.62. The monoisotopic (exact) mass is 260 g/mol. The van der Waals surface area contributed by atoms with E-state index in [1.165, 1.54) is 0 Å². The maximum atomic E-state index is 10.9. The number of anilines is 1. The molecule has 0 aliphatic rings. The molecule has 1 rings (SSSR count). The third kappa shape index (κ3) is 3.59. The van der Waals surface area contributed by atoms with Gasteiger partial charge in [-0.05, 0) is 30.0 Å². The van der Waals surface area contributed by atoms with Crippen LogP contribution in [0.4, 0.5) is 10.5 Å². The van der Waals surface area contributed by atoms with Gasteiger partial charge in [0.2, 0.25) is 0 Å². The lowest BCUT2D eigenvalue weighted by atomic mass is 10.3. The number of rotatable bonds is 5. The van der Waals surface area contributed by atoms with E-state index in [1.807, 2.05) is 12.3 Å². The van der Waals surface area contributed by atoms with Gasteiger partial charge >= 0.3 is 5.37 Å². The quantitative estimate of drug-likeness (QED) is 0.221. The van der Waals surface area contributed by atoms with Crippen LogP contribution in [0.1, 0.15) is 0 Å². The molecule has 1 amide bonds. The van der Waals surface area contributed by atoms with Crippen molar-refractivity contribution in [3.63, 3.8) is 0 Å². The fourth-order valence-corrected chi connectivity index (χ4v) is 1.45. The Labute approximate surface area is 104 Å². The van der Waals surface area contributed by atoms with Gasteiger partial charge in [0.15, 0.2) is 0 Å². The second-order valence-electron chi connectivity index (χ2n) is 2.93. The van der Waals surface area contributed by atoms with E-state index >= 15 is 0 Å². The van der Waals surface area contributed by atoms with Crippen LogP contribution in [-0.4, -0.2) is 24.0 Å². The first-order valence-electron chi connectivity index (χ1n) is 4.62. The SMILES string of the molecule is CSCCOc1ccccc1N(N)C(=O)Cl. The topological polar surface area (TPSA) is 55.6 Å². The maximum absolute atomic E-state index is 10.9. The zero-order valence-corrected chi connectivity index (χ0v) is 10.4. The molecule has 0 saturated carbocycles. The van der Waals surface area contributed by atoms with Crippen LogP contribution < -0.4 is 15.6 Å². The average molecular weight is 261 g/mol. The molecule has 88 valence electrons. The smallest absolute Gasteiger partial charge is 0.335 e. The van der Waals surface area contributed by atoms with Crippen LogP contribution in [0.2, 0.25) is 0 Å². The number of thioether (sulfide) groups is 1. The minimum atomic E-state index is -0.749. The molecule has 0 unspecified atom stereocenters. The lowest BCUT2D eigenvalue weighted by Crippen LogP contribution is -2.33. The largest absolute Gasteiger partial charge is 0.490 e. The highest BCUT2D eigenvalue weighted by atomic mass is 35.5. The molecule has 0 aliphatic carbocycles. The normalized spacial score (nSPS) is 9.94. The number of carbonyl (C=O) groups excluding carboxylic acids is 1.